The fourth-order valence-electron chi connectivity index (χ4n) is 1.56. The van der Waals surface area contributed by atoms with E-state index in [1.165, 1.54) is 12.3 Å². The van der Waals surface area contributed by atoms with E-state index < -0.39 is 5.91 Å². The molecule has 0 aliphatic carbocycles. The number of aromatic nitrogens is 1. The Morgan fingerprint density at radius 2 is 2.11 bits per heavy atom. The third-order valence-electron chi connectivity index (χ3n) is 2.53. The maximum Gasteiger partial charge on any atom is 0.251 e. The molecule has 0 saturated heterocycles. The van der Waals surface area contributed by atoms with Crippen LogP contribution in [0.5, 0.6) is 11.6 Å². The van der Waals surface area contributed by atoms with Crippen molar-refractivity contribution in [3.8, 4) is 11.6 Å². The highest BCUT2D eigenvalue weighted by molar-refractivity contribution is 6.30. The second kappa shape index (κ2) is 5.16. The molecule has 5 nitrogen and oxygen atoms in total. The van der Waals surface area contributed by atoms with Gasteiger partial charge in [-0.3, -0.25) is 4.79 Å². The van der Waals surface area contributed by atoms with Crippen molar-refractivity contribution >= 4 is 23.2 Å². The zero-order chi connectivity index (χ0) is 14.0. The lowest BCUT2D eigenvalue weighted by Crippen LogP contribution is -2.13. The van der Waals surface area contributed by atoms with Crippen LogP contribution < -0.4 is 16.2 Å². The Morgan fingerprint density at radius 1 is 1.37 bits per heavy atom. The molecule has 98 valence electrons. The number of hydrogen-bond acceptors (Lipinski definition) is 4. The van der Waals surface area contributed by atoms with Gasteiger partial charge in [0.1, 0.15) is 5.75 Å². The maximum absolute atomic E-state index is 11.2. The van der Waals surface area contributed by atoms with Crippen molar-refractivity contribution in [1.29, 1.82) is 0 Å². The van der Waals surface area contributed by atoms with Crippen LogP contribution in [0.25, 0.3) is 0 Å². The van der Waals surface area contributed by atoms with E-state index in [0.717, 1.165) is 5.56 Å². The van der Waals surface area contributed by atoms with Gasteiger partial charge in [-0.1, -0.05) is 11.6 Å². The fourth-order valence-corrected chi connectivity index (χ4v) is 1.78. The van der Waals surface area contributed by atoms with Crippen molar-refractivity contribution < 1.29 is 9.53 Å². The highest BCUT2D eigenvalue weighted by Gasteiger charge is 2.10. The Balaban J connectivity index is 2.33. The molecule has 0 radical (unpaired) electrons. The average Bonchev–Trinajstić information content (AvgIpc) is 2.34. The summed E-state index contributed by atoms with van der Waals surface area (Å²) >= 11 is 5.86. The fraction of sp³-hybridized carbons (Fsp3) is 0.0769. The summed E-state index contributed by atoms with van der Waals surface area (Å²) in [6, 6.07) is 6.60. The van der Waals surface area contributed by atoms with Crippen LogP contribution in [0.2, 0.25) is 5.02 Å². The minimum absolute atomic E-state index is 0.177. The number of pyridine rings is 1. The number of carbonyl (C=O) groups is 1. The Labute approximate surface area is 115 Å². The number of halogens is 1. The van der Waals surface area contributed by atoms with Gasteiger partial charge in [0.15, 0.2) is 0 Å². The summed E-state index contributed by atoms with van der Waals surface area (Å²) in [7, 11) is 0. The molecule has 0 bridgehead atoms. The number of benzene rings is 1. The number of nitrogens with two attached hydrogens (primary N) is 2. The SMILES string of the molecule is Cc1cc(Cl)ccc1Oc1cc(C(N)=O)c(N)cn1. The van der Waals surface area contributed by atoms with Crippen LogP contribution >= 0.6 is 11.6 Å². The largest absolute Gasteiger partial charge is 0.439 e. The third-order valence-corrected chi connectivity index (χ3v) is 2.76. The highest BCUT2D eigenvalue weighted by atomic mass is 35.5. The number of carbonyl (C=O) groups excluding carboxylic acids is 1. The lowest BCUT2D eigenvalue weighted by molar-refractivity contribution is 0.100. The average molecular weight is 278 g/mol. The van der Waals surface area contributed by atoms with Gasteiger partial charge >= 0.3 is 0 Å². The Morgan fingerprint density at radius 3 is 2.74 bits per heavy atom. The van der Waals surface area contributed by atoms with Crippen molar-refractivity contribution in [2.24, 2.45) is 5.73 Å². The van der Waals surface area contributed by atoms with Crippen molar-refractivity contribution in [2.75, 3.05) is 5.73 Å². The number of ether oxygens (including phenoxy) is 1. The lowest BCUT2D eigenvalue weighted by Gasteiger charge is -2.09. The second-order valence-electron chi connectivity index (χ2n) is 3.99. The van der Waals surface area contributed by atoms with E-state index in [9.17, 15) is 4.79 Å². The highest BCUT2D eigenvalue weighted by Crippen LogP contribution is 2.27. The Bertz CT molecular complexity index is 644. The number of aryl methyl sites for hydroxylation is 1. The lowest BCUT2D eigenvalue weighted by atomic mass is 10.2. The number of rotatable bonds is 3. The molecule has 6 heteroatoms. The van der Waals surface area contributed by atoms with E-state index in [4.69, 9.17) is 27.8 Å². The predicted molar refractivity (Wildman–Crippen MR) is 73.4 cm³/mol. The molecular formula is C13H12ClN3O2. The monoisotopic (exact) mass is 277 g/mol. The molecule has 1 aromatic heterocycles. The van der Waals surface area contributed by atoms with Crippen molar-refractivity contribution in [2.45, 2.75) is 6.92 Å². The van der Waals surface area contributed by atoms with Crippen LogP contribution in [0.4, 0.5) is 5.69 Å². The summed E-state index contributed by atoms with van der Waals surface area (Å²) < 4.78 is 5.58. The first-order valence-corrected chi connectivity index (χ1v) is 5.84. The minimum atomic E-state index is -0.627. The molecule has 1 heterocycles. The quantitative estimate of drug-likeness (QED) is 0.902. The van der Waals surface area contributed by atoms with Crippen LogP contribution in [-0.4, -0.2) is 10.9 Å². The van der Waals surface area contributed by atoms with Crippen LogP contribution in [-0.2, 0) is 0 Å². The first-order chi connectivity index (χ1) is 8.97. The number of hydrogen-bond donors (Lipinski definition) is 2. The number of amides is 1. The van der Waals surface area contributed by atoms with Gasteiger partial charge < -0.3 is 16.2 Å². The Kier molecular flexibility index (Phi) is 3.57. The molecule has 0 fully saturated rings. The van der Waals surface area contributed by atoms with E-state index in [1.54, 1.807) is 18.2 Å². The number of nitrogens with zero attached hydrogens (tertiary/aromatic N) is 1. The van der Waals surface area contributed by atoms with Gasteiger partial charge in [0, 0.05) is 11.1 Å². The first-order valence-electron chi connectivity index (χ1n) is 5.46. The third kappa shape index (κ3) is 2.95. The smallest absolute Gasteiger partial charge is 0.251 e. The summed E-state index contributed by atoms with van der Waals surface area (Å²) in [4.78, 5) is 15.2. The molecule has 19 heavy (non-hydrogen) atoms. The summed E-state index contributed by atoms with van der Waals surface area (Å²) in [5.41, 5.74) is 12.1. The van der Waals surface area contributed by atoms with E-state index in [-0.39, 0.29) is 17.1 Å². The number of anilines is 1. The molecule has 2 rings (SSSR count). The summed E-state index contributed by atoms with van der Waals surface area (Å²) in [5, 5.41) is 0.618. The number of nitrogen functional groups attached to an aromatic ring is 1. The van der Waals surface area contributed by atoms with Crippen molar-refractivity contribution in [1.82, 2.24) is 4.98 Å². The van der Waals surface area contributed by atoms with Gasteiger partial charge in [-0.15, -0.1) is 0 Å². The van der Waals surface area contributed by atoms with E-state index in [2.05, 4.69) is 4.98 Å². The first kappa shape index (κ1) is 13.2. The molecule has 1 amide bonds. The molecule has 0 atom stereocenters. The summed E-state index contributed by atoms with van der Waals surface area (Å²) in [5.74, 6) is 0.211. The normalized spacial score (nSPS) is 10.2. The minimum Gasteiger partial charge on any atom is -0.439 e. The number of primary amides is 1. The zero-order valence-electron chi connectivity index (χ0n) is 10.2. The molecule has 0 aliphatic rings. The Hall–Kier alpha value is -2.27. The molecule has 1 aromatic carbocycles. The molecule has 0 spiro atoms. The molecular weight excluding hydrogens is 266 g/mol. The van der Waals surface area contributed by atoms with Gasteiger partial charge in [-0.25, -0.2) is 4.98 Å². The summed E-state index contributed by atoms with van der Waals surface area (Å²) in [6.07, 6.45) is 1.33. The van der Waals surface area contributed by atoms with Crippen LogP contribution in [0.1, 0.15) is 15.9 Å². The maximum atomic E-state index is 11.2. The van der Waals surface area contributed by atoms with E-state index in [0.29, 0.717) is 10.8 Å². The second-order valence-corrected chi connectivity index (χ2v) is 4.42. The van der Waals surface area contributed by atoms with Crippen molar-refractivity contribution in [3.63, 3.8) is 0 Å². The molecule has 2 aromatic rings. The topological polar surface area (TPSA) is 91.2 Å². The summed E-state index contributed by atoms with van der Waals surface area (Å²) in [6.45, 7) is 1.85. The van der Waals surface area contributed by atoms with E-state index in [1.807, 2.05) is 6.92 Å². The van der Waals surface area contributed by atoms with Crippen LogP contribution in [0.3, 0.4) is 0 Å². The van der Waals surface area contributed by atoms with Crippen LogP contribution in [0.15, 0.2) is 30.5 Å². The predicted octanol–water partition coefficient (Wildman–Crippen LogP) is 2.52. The molecule has 0 unspecified atom stereocenters. The molecule has 0 aliphatic heterocycles. The van der Waals surface area contributed by atoms with E-state index >= 15 is 0 Å². The van der Waals surface area contributed by atoms with Crippen LogP contribution in [0, 0.1) is 6.92 Å². The molecule has 4 N–H and O–H groups in total. The van der Waals surface area contributed by atoms with Gasteiger partial charge in [0.25, 0.3) is 5.91 Å². The van der Waals surface area contributed by atoms with Gasteiger partial charge in [-0.2, -0.15) is 0 Å². The van der Waals surface area contributed by atoms with Crippen molar-refractivity contribution in [3.05, 3.63) is 46.6 Å². The van der Waals surface area contributed by atoms with Gasteiger partial charge in [0.05, 0.1) is 17.4 Å². The van der Waals surface area contributed by atoms with Gasteiger partial charge in [-0.05, 0) is 30.7 Å². The zero-order valence-corrected chi connectivity index (χ0v) is 10.9. The molecule has 0 saturated carbocycles. The van der Waals surface area contributed by atoms with Gasteiger partial charge in [0.2, 0.25) is 5.88 Å². The standard InChI is InChI=1S/C13H12ClN3O2/c1-7-4-8(14)2-3-11(7)19-12-5-9(13(16)18)10(15)6-17-12/h2-6H,15H2,1H3,(H2,16,18).